The largest absolute Gasteiger partial charge is 0.243 e. The molecule has 0 saturated heterocycles. The summed E-state index contributed by atoms with van der Waals surface area (Å²) < 4.78 is 0. The van der Waals surface area contributed by atoms with E-state index in [1.54, 1.807) is 0 Å². The topological polar surface area (TPSA) is 12.9 Å². The van der Waals surface area contributed by atoms with Crippen LogP contribution < -0.4 is 0 Å². The number of hydrogen-bond acceptors (Lipinski definition) is 1. The van der Waals surface area contributed by atoms with Gasteiger partial charge in [-0.1, -0.05) is 62.2 Å². The zero-order valence-electron chi connectivity index (χ0n) is 14.9. The van der Waals surface area contributed by atoms with Gasteiger partial charge in [0.25, 0.3) is 0 Å². The molecule has 1 aromatic heterocycles. The van der Waals surface area contributed by atoms with Gasteiger partial charge in [0.2, 0.25) is 0 Å². The molecule has 0 bridgehead atoms. The Balaban J connectivity index is 1.46. The molecule has 2 aliphatic carbocycles. The van der Waals surface area contributed by atoms with Crippen molar-refractivity contribution in [1.29, 1.82) is 0 Å². The van der Waals surface area contributed by atoms with Crippen LogP contribution in [0.2, 0.25) is 10.2 Å². The van der Waals surface area contributed by atoms with Crippen LogP contribution in [0.1, 0.15) is 89.0 Å². The summed E-state index contributed by atoms with van der Waals surface area (Å²) in [6.45, 7) is 2.31. The fraction of sp³-hybridized carbons (Fsp3) is 0.762. The van der Waals surface area contributed by atoms with Gasteiger partial charge in [0, 0.05) is 6.20 Å². The Morgan fingerprint density at radius 1 is 0.958 bits per heavy atom. The van der Waals surface area contributed by atoms with Gasteiger partial charge in [-0.15, -0.1) is 0 Å². The third-order valence-corrected chi connectivity index (χ3v) is 7.27. The molecule has 2 fully saturated rings. The van der Waals surface area contributed by atoms with Crippen LogP contribution >= 0.6 is 23.2 Å². The van der Waals surface area contributed by atoms with Crippen LogP contribution in [0.15, 0.2) is 12.3 Å². The van der Waals surface area contributed by atoms with Gasteiger partial charge in [0.15, 0.2) is 0 Å². The molecule has 0 radical (unpaired) electrons. The molecule has 3 heteroatoms. The van der Waals surface area contributed by atoms with Crippen LogP contribution in [0.25, 0.3) is 0 Å². The molecular formula is C21H31Cl2N. The molecule has 0 atom stereocenters. The highest BCUT2D eigenvalue weighted by Gasteiger charge is 2.31. The molecule has 1 nitrogen and oxygen atoms in total. The van der Waals surface area contributed by atoms with E-state index < -0.39 is 0 Å². The number of unbranched alkanes of at least 4 members (excludes halogenated alkanes) is 1. The van der Waals surface area contributed by atoms with Crippen molar-refractivity contribution in [3.63, 3.8) is 0 Å². The van der Waals surface area contributed by atoms with Crippen LogP contribution in [0.3, 0.4) is 0 Å². The van der Waals surface area contributed by atoms with Crippen molar-refractivity contribution >= 4 is 23.2 Å². The summed E-state index contributed by atoms with van der Waals surface area (Å²) >= 11 is 12.1. The molecule has 0 N–H and O–H groups in total. The summed E-state index contributed by atoms with van der Waals surface area (Å²) in [6, 6.07) is 2.03. The fourth-order valence-corrected chi connectivity index (χ4v) is 5.30. The fourth-order valence-electron chi connectivity index (χ4n) is 5.02. The van der Waals surface area contributed by atoms with Crippen molar-refractivity contribution in [3.05, 3.63) is 28.0 Å². The zero-order chi connectivity index (χ0) is 16.9. The standard InChI is InChI=1S/C21H31Cl2N/c1-2-3-4-15-5-7-16(8-6-15)17-9-11-18(12-10-17)19-13-20(22)21(23)24-14-19/h13-18H,2-12H2,1H3/t15-,16-,17?,18?. The average molecular weight is 368 g/mol. The first-order valence-electron chi connectivity index (χ1n) is 9.98. The SMILES string of the molecule is CCCC[C@H]1CC[C@H](C2CCC(c3cnc(Cl)c(Cl)c3)CC2)CC1. The van der Waals surface area contributed by atoms with Crippen molar-refractivity contribution in [2.24, 2.45) is 17.8 Å². The second kappa shape index (κ2) is 8.90. The van der Waals surface area contributed by atoms with E-state index in [1.807, 2.05) is 12.3 Å². The summed E-state index contributed by atoms with van der Waals surface area (Å²) in [6.07, 6.45) is 17.5. The summed E-state index contributed by atoms with van der Waals surface area (Å²) in [7, 11) is 0. The van der Waals surface area contributed by atoms with Gasteiger partial charge >= 0.3 is 0 Å². The number of nitrogens with zero attached hydrogens (tertiary/aromatic N) is 1. The summed E-state index contributed by atoms with van der Waals surface area (Å²) in [5.41, 5.74) is 1.28. The maximum atomic E-state index is 6.14. The highest BCUT2D eigenvalue weighted by atomic mass is 35.5. The quantitative estimate of drug-likeness (QED) is 0.486. The van der Waals surface area contributed by atoms with E-state index in [-0.39, 0.29) is 0 Å². The van der Waals surface area contributed by atoms with Crippen LogP contribution in [-0.2, 0) is 0 Å². The molecule has 0 spiro atoms. The summed E-state index contributed by atoms with van der Waals surface area (Å²) in [5, 5.41) is 1.02. The molecule has 1 heterocycles. The van der Waals surface area contributed by atoms with E-state index in [4.69, 9.17) is 23.2 Å². The first kappa shape index (κ1) is 18.5. The number of rotatable bonds is 5. The molecule has 3 rings (SSSR count). The van der Waals surface area contributed by atoms with E-state index in [0.29, 0.717) is 16.1 Å². The van der Waals surface area contributed by atoms with Gasteiger partial charge < -0.3 is 0 Å². The van der Waals surface area contributed by atoms with Crippen LogP contribution in [0.5, 0.6) is 0 Å². The number of pyridine rings is 1. The van der Waals surface area contributed by atoms with E-state index >= 15 is 0 Å². The molecule has 0 amide bonds. The van der Waals surface area contributed by atoms with E-state index in [0.717, 1.165) is 17.8 Å². The van der Waals surface area contributed by atoms with Crippen molar-refractivity contribution in [3.8, 4) is 0 Å². The first-order chi connectivity index (χ1) is 11.7. The molecule has 2 saturated carbocycles. The minimum atomic E-state index is 0.425. The average Bonchev–Trinajstić information content (AvgIpc) is 2.63. The Kier molecular flexibility index (Phi) is 6.87. The molecular weight excluding hydrogens is 337 g/mol. The minimum Gasteiger partial charge on any atom is -0.243 e. The minimum absolute atomic E-state index is 0.425. The highest BCUT2D eigenvalue weighted by molar-refractivity contribution is 6.41. The predicted molar refractivity (Wildman–Crippen MR) is 104 cm³/mol. The van der Waals surface area contributed by atoms with Crippen molar-refractivity contribution in [2.45, 2.75) is 83.5 Å². The number of hydrogen-bond donors (Lipinski definition) is 0. The third-order valence-electron chi connectivity index (χ3n) is 6.58. The van der Waals surface area contributed by atoms with Crippen LogP contribution in [0.4, 0.5) is 0 Å². The Morgan fingerprint density at radius 2 is 1.58 bits per heavy atom. The van der Waals surface area contributed by atoms with E-state index in [1.165, 1.54) is 76.2 Å². The summed E-state index contributed by atoms with van der Waals surface area (Å²) in [5.74, 6) is 3.61. The molecule has 134 valence electrons. The maximum Gasteiger partial charge on any atom is 0.147 e. The van der Waals surface area contributed by atoms with Gasteiger partial charge in [-0.3, -0.25) is 0 Å². The van der Waals surface area contributed by atoms with Crippen LogP contribution in [-0.4, -0.2) is 4.98 Å². The van der Waals surface area contributed by atoms with Gasteiger partial charge in [-0.2, -0.15) is 0 Å². The van der Waals surface area contributed by atoms with E-state index in [2.05, 4.69) is 11.9 Å². The molecule has 0 aromatic carbocycles. The molecule has 2 aliphatic rings. The zero-order valence-corrected chi connectivity index (χ0v) is 16.5. The monoisotopic (exact) mass is 367 g/mol. The normalized spacial score (nSPS) is 31.1. The lowest BCUT2D eigenvalue weighted by atomic mass is 9.68. The van der Waals surface area contributed by atoms with Crippen molar-refractivity contribution < 1.29 is 0 Å². The lowest BCUT2D eigenvalue weighted by Gasteiger charge is -2.38. The second-order valence-corrected chi connectivity index (χ2v) is 8.84. The second-order valence-electron chi connectivity index (χ2n) is 8.08. The maximum absolute atomic E-state index is 6.14. The Morgan fingerprint density at radius 3 is 2.17 bits per heavy atom. The van der Waals surface area contributed by atoms with Crippen molar-refractivity contribution in [1.82, 2.24) is 4.98 Å². The number of halogens is 2. The van der Waals surface area contributed by atoms with Gasteiger partial charge in [-0.25, -0.2) is 4.98 Å². The van der Waals surface area contributed by atoms with E-state index in [9.17, 15) is 0 Å². The Labute approximate surface area is 157 Å². The molecule has 24 heavy (non-hydrogen) atoms. The molecule has 0 unspecified atom stereocenters. The predicted octanol–water partition coefficient (Wildman–Crippen LogP) is 7.66. The van der Waals surface area contributed by atoms with Gasteiger partial charge in [-0.05, 0) is 73.8 Å². The smallest absolute Gasteiger partial charge is 0.147 e. The third kappa shape index (κ3) is 4.67. The lowest BCUT2D eigenvalue weighted by molar-refractivity contribution is 0.156. The van der Waals surface area contributed by atoms with Crippen LogP contribution in [0, 0.1) is 17.8 Å². The van der Waals surface area contributed by atoms with Gasteiger partial charge in [0.1, 0.15) is 5.15 Å². The lowest BCUT2D eigenvalue weighted by Crippen LogP contribution is -2.25. The Hall–Kier alpha value is -0.270. The summed E-state index contributed by atoms with van der Waals surface area (Å²) in [4.78, 5) is 4.23. The molecule has 1 aromatic rings. The number of aromatic nitrogens is 1. The molecule has 0 aliphatic heterocycles. The van der Waals surface area contributed by atoms with Crippen molar-refractivity contribution in [2.75, 3.05) is 0 Å². The Bertz CT molecular complexity index is 515. The van der Waals surface area contributed by atoms with Gasteiger partial charge in [0.05, 0.1) is 5.02 Å². The highest BCUT2D eigenvalue weighted by Crippen LogP contribution is 2.44. The first-order valence-corrected chi connectivity index (χ1v) is 10.7.